The van der Waals surface area contributed by atoms with Gasteiger partial charge in [0.25, 0.3) is 0 Å². The fourth-order valence-corrected chi connectivity index (χ4v) is 2.71. The summed E-state index contributed by atoms with van der Waals surface area (Å²) in [4.78, 5) is 11.1. The van der Waals surface area contributed by atoms with E-state index in [-0.39, 0.29) is 5.92 Å². The van der Waals surface area contributed by atoms with E-state index in [0.29, 0.717) is 19.6 Å². The van der Waals surface area contributed by atoms with Crippen LogP contribution in [0.15, 0.2) is 0 Å². The third kappa shape index (κ3) is 13.2. The fourth-order valence-electron chi connectivity index (χ4n) is 2.09. The summed E-state index contributed by atoms with van der Waals surface area (Å²) in [6.45, 7) is 11.1. The molecule has 0 aromatic rings. The number of ether oxygens (including phenoxy) is 2. The molecule has 1 N–H and O–H groups in total. The van der Waals surface area contributed by atoms with Crippen molar-refractivity contribution in [2.45, 2.75) is 78.1 Å². The minimum atomic E-state index is -1.46. The van der Waals surface area contributed by atoms with E-state index in [0.717, 1.165) is 32.1 Å². The molecule has 0 aliphatic heterocycles. The lowest BCUT2D eigenvalue weighted by Crippen LogP contribution is -2.22. The Bertz CT molecular complexity index is 379. The summed E-state index contributed by atoms with van der Waals surface area (Å²) in [5.74, 6) is 3.25. The smallest absolute Gasteiger partial charge is 0.435 e. The maximum absolute atomic E-state index is 11.1. The molecule has 0 aromatic heterocycles. The number of hydrogen-bond donors (Lipinski definition) is 1. The van der Waals surface area contributed by atoms with Crippen LogP contribution in [0.5, 0.6) is 0 Å². The summed E-state index contributed by atoms with van der Waals surface area (Å²) in [5, 5.41) is 10.4. The average molecular weight is 343 g/mol. The molecule has 0 saturated carbocycles. The summed E-state index contributed by atoms with van der Waals surface area (Å²) >= 11 is 0. The number of rotatable bonds is 10. The summed E-state index contributed by atoms with van der Waals surface area (Å²) in [5.41, 5.74) is 3.36. The zero-order valence-corrected chi connectivity index (χ0v) is 16.5. The molecule has 0 heterocycles. The van der Waals surface area contributed by atoms with Crippen molar-refractivity contribution in [3.05, 3.63) is 0 Å². The number of aliphatic hydroxyl groups excluding tert-OH is 1. The van der Waals surface area contributed by atoms with Gasteiger partial charge in [0.1, 0.15) is 8.07 Å². The molecule has 23 heavy (non-hydrogen) atoms. The highest BCUT2D eigenvalue weighted by Crippen LogP contribution is 2.17. The lowest BCUT2D eigenvalue weighted by Gasteiger charge is -2.19. The Labute approximate surface area is 143 Å². The molecule has 0 saturated heterocycles. The van der Waals surface area contributed by atoms with Gasteiger partial charge in [0.05, 0.1) is 19.3 Å². The maximum Gasteiger partial charge on any atom is 0.508 e. The minimum absolute atomic E-state index is 0.0376. The Hall–Kier alpha value is -0.993. The van der Waals surface area contributed by atoms with Crippen LogP contribution in [-0.2, 0) is 9.47 Å². The molecule has 0 amide bonds. The summed E-state index contributed by atoms with van der Waals surface area (Å²) in [6.07, 6.45) is 4.51. The van der Waals surface area contributed by atoms with Gasteiger partial charge < -0.3 is 14.6 Å². The average Bonchev–Trinajstić information content (AvgIpc) is 2.45. The van der Waals surface area contributed by atoms with Gasteiger partial charge in [-0.2, -0.15) is 0 Å². The predicted octanol–water partition coefficient (Wildman–Crippen LogP) is 4.38. The van der Waals surface area contributed by atoms with Crippen LogP contribution in [0.2, 0.25) is 19.6 Å². The highest BCUT2D eigenvalue weighted by Gasteiger charge is 2.18. The summed E-state index contributed by atoms with van der Waals surface area (Å²) in [6, 6.07) is 0. The Morgan fingerprint density at radius 2 is 1.78 bits per heavy atom. The Kier molecular flexibility index (Phi) is 11.9. The summed E-state index contributed by atoms with van der Waals surface area (Å²) in [7, 11) is -1.46. The summed E-state index contributed by atoms with van der Waals surface area (Å²) < 4.78 is 9.70. The second-order valence-electron chi connectivity index (χ2n) is 6.86. The van der Waals surface area contributed by atoms with Gasteiger partial charge in [-0.1, -0.05) is 45.8 Å². The molecular weight excluding hydrogens is 308 g/mol. The van der Waals surface area contributed by atoms with E-state index >= 15 is 0 Å². The molecule has 134 valence electrons. The molecule has 5 heteroatoms. The second kappa shape index (κ2) is 12.4. The number of carbonyl (C=O) groups is 1. The van der Waals surface area contributed by atoms with Crippen LogP contribution in [0.25, 0.3) is 0 Å². The highest BCUT2D eigenvalue weighted by atomic mass is 28.3. The first kappa shape index (κ1) is 22.0. The lowest BCUT2D eigenvalue weighted by molar-refractivity contribution is 0.0550. The largest absolute Gasteiger partial charge is 0.508 e. The molecule has 2 unspecified atom stereocenters. The van der Waals surface area contributed by atoms with E-state index in [1.165, 1.54) is 0 Å². The Morgan fingerprint density at radius 1 is 1.09 bits per heavy atom. The number of aliphatic hydroxyl groups is 1. The van der Waals surface area contributed by atoms with Gasteiger partial charge in [0.15, 0.2) is 0 Å². The Morgan fingerprint density at radius 3 is 2.35 bits per heavy atom. The molecule has 0 spiro atoms. The van der Waals surface area contributed by atoms with Crippen molar-refractivity contribution >= 4 is 14.2 Å². The third-order valence-corrected chi connectivity index (χ3v) is 4.24. The van der Waals surface area contributed by atoms with E-state index in [4.69, 9.17) is 9.47 Å². The standard InChI is InChI=1S/C18H34O4Si/c1-6-8-9-12-17(19)16(13-15-23(3,4)5)11-10-14-22-18(20)21-7-2/h16-17,19H,6-12,14H2,1-5H3. The molecule has 0 bridgehead atoms. The van der Waals surface area contributed by atoms with E-state index in [2.05, 4.69) is 38.0 Å². The normalized spacial score (nSPS) is 13.7. The zero-order chi connectivity index (χ0) is 17.7. The van der Waals surface area contributed by atoms with Crippen LogP contribution in [0.1, 0.15) is 52.4 Å². The Balaban J connectivity index is 4.42. The number of unbranched alkanes of at least 4 members (excludes halogenated alkanes) is 2. The lowest BCUT2D eigenvalue weighted by atomic mass is 9.94. The minimum Gasteiger partial charge on any atom is -0.435 e. The first-order valence-corrected chi connectivity index (χ1v) is 12.3. The monoisotopic (exact) mass is 342 g/mol. The first-order chi connectivity index (χ1) is 10.8. The third-order valence-electron chi connectivity index (χ3n) is 3.34. The highest BCUT2D eigenvalue weighted by molar-refractivity contribution is 6.83. The topological polar surface area (TPSA) is 55.8 Å². The quantitative estimate of drug-likeness (QED) is 0.277. The van der Waals surface area contributed by atoms with Crippen molar-refractivity contribution < 1.29 is 19.4 Å². The van der Waals surface area contributed by atoms with Crippen LogP contribution >= 0.6 is 0 Å². The van der Waals surface area contributed by atoms with E-state index in [1.54, 1.807) is 6.92 Å². The molecule has 0 aliphatic carbocycles. The van der Waals surface area contributed by atoms with Crippen LogP contribution < -0.4 is 0 Å². The van der Waals surface area contributed by atoms with E-state index < -0.39 is 20.3 Å². The fraction of sp³-hybridized carbons (Fsp3) is 0.833. The number of hydrogen-bond acceptors (Lipinski definition) is 4. The molecule has 0 aliphatic rings. The molecule has 0 radical (unpaired) electrons. The van der Waals surface area contributed by atoms with Gasteiger partial charge in [0.2, 0.25) is 0 Å². The van der Waals surface area contributed by atoms with E-state index in [1.807, 2.05) is 0 Å². The van der Waals surface area contributed by atoms with Gasteiger partial charge in [0, 0.05) is 5.92 Å². The van der Waals surface area contributed by atoms with Gasteiger partial charge in [-0.15, -0.1) is 11.5 Å². The predicted molar refractivity (Wildman–Crippen MR) is 97.0 cm³/mol. The maximum atomic E-state index is 11.1. The van der Waals surface area contributed by atoms with Gasteiger partial charge in [-0.05, 0) is 26.2 Å². The second-order valence-corrected chi connectivity index (χ2v) is 11.6. The zero-order valence-electron chi connectivity index (χ0n) is 15.5. The molecule has 2 atom stereocenters. The van der Waals surface area contributed by atoms with Crippen molar-refractivity contribution in [1.82, 2.24) is 0 Å². The number of carbonyl (C=O) groups excluding carboxylic acids is 1. The van der Waals surface area contributed by atoms with E-state index in [9.17, 15) is 9.90 Å². The van der Waals surface area contributed by atoms with Crippen LogP contribution in [-0.4, -0.2) is 38.7 Å². The van der Waals surface area contributed by atoms with Gasteiger partial charge in [-0.25, -0.2) is 4.79 Å². The van der Waals surface area contributed by atoms with Crippen LogP contribution in [0.3, 0.4) is 0 Å². The van der Waals surface area contributed by atoms with Crippen molar-refractivity contribution in [1.29, 1.82) is 0 Å². The van der Waals surface area contributed by atoms with Crippen LogP contribution in [0.4, 0.5) is 4.79 Å². The van der Waals surface area contributed by atoms with Crippen molar-refractivity contribution in [3.8, 4) is 11.5 Å². The van der Waals surface area contributed by atoms with Crippen molar-refractivity contribution in [2.75, 3.05) is 13.2 Å². The molecule has 0 rings (SSSR count). The molecular formula is C18H34O4Si. The molecule has 4 nitrogen and oxygen atoms in total. The first-order valence-electron chi connectivity index (χ1n) is 8.80. The molecule has 0 aromatic carbocycles. The van der Waals surface area contributed by atoms with Gasteiger partial charge >= 0.3 is 6.16 Å². The van der Waals surface area contributed by atoms with Crippen LogP contribution in [0, 0.1) is 17.4 Å². The van der Waals surface area contributed by atoms with Crippen molar-refractivity contribution in [3.63, 3.8) is 0 Å². The SMILES string of the molecule is CCCCCC(O)C(C#C[Si](C)(C)C)CCCOC(=O)OCC. The molecule has 0 fully saturated rings. The van der Waals surface area contributed by atoms with Crippen molar-refractivity contribution in [2.24, 2.45) is 5.92 Å². The van der Waals surface area contributed by atoms with Gasteiger partial charge in [-0.3, -0.25) is 0 Å².